The summed E-state index contributed by atoms with van der Waals surface area (Å²) in [7, 11) is 1.84. The van der Waals surface area contributed by atoms with Crippen LogP contribution in [-0.4, -0.2) is 46.1 Å². The molecule has 31 heavy (non-hydrogen) atoms. The Labute approximate surface area is 179 Å². The lowest BCUT2D eigenvalue weighted by Gasteiger charge is -2.16. The first-order chi connectivity index (χ1) is 14.8. The first kappa shape index (κ1) is 22.1. The minimum Gasteiger partial charge on any atom is -0.324 e. The van der Waals surface area contributed by atoms with Crippen molar-refractivity contribution in [3.8, 4) is 11.3 Å². The number of benzene rings is 2. The predicted octanol–water partition coefficient (Wildman–Crippen LogP) is 3.94. The molecular formula is C22H24FN5O3. The molecule has 1 heterocycles. The molecule has 3 aromatic rings. The Morgan fingerprint density at radius 2 is 1.97 bits per heavy atom. The lowest BCUT2D eigenvalue weighted by atomic mass is 10.1. The Morgan fingerprint density at radius 1 is 1.23 bits per heavy atom. The van der Waals surface area contributed by atoms with E-state index >= 15 is 0 Å². The van der Waals surface area contributed by atoms with Crippen LogP contribution < -0.4 is 5.32 Å². The maximum absolute atomic E-state index is 13.0. The predicted molar refractivity (Wildman–Crippen MR) is 116 cm³/mol. The SMILES string of the molecule is Cc1ccc([N+](=O)[O-])cc1NC(=O)CN(C)CCCc1cc(-c2ccc(F)cc2)n[nH]1. The fourth-order valence-electron chi connectivity index (χ4n) is 3.17. The van der Waals surface area contributed by atoms with E-state index < -0.39 is 4.92 Å². The van der Waals surface area contributed by atoms with Gasteiger partial charge in [0.1, 0.15) is 5.82 Å². The topological polar surface area (TPSA) is 104 Å². The van der Waals surface area contributed by atoms with Crippen molar-refractivity contribution in [3.05, 3.63) is 75.7 Å². The zero-order valence-corrected chi connectivity index (χ0v) is 17.4. The second-order valence-electron chi connectivity index (χ2n) is 7.43. The number of aromatic nitrogens is 2. The Kier molecular flexibility index (Phi) is 7.09. The standard InChI is InChI=1S/C22H24FN5O3/c1-15-5-10-19(28(30)31)13-20(15)24-22(29)14-27(2)11-3-4-18-12-21(26-25-18)16-6-8-17(23)9-7-16/h5-10,12-13H,3-4,11,14H2,1-2H3,(H,24,29)(H,25,26). The summed E-state index contributed by atoms with van der Waals surface area (Å²) in [5.41, 5.74) is 3.71. The summed E-state index contributed by atoms with van der Waals surface area (Å²) < 4.78 is 13.0. The quantitative estimate of drug-likeness (QED) is 0.399. The number of likely N-dealkylation sites (N-methyl/N-ethyl adjacent to an activating group) is 1. The number of carbonyl (C=O) groups excluding carboxylic acids is 1. The largest absolute Gasteiger partial charge is 0.324 e. The van der Waals surface area contributed by atoms with Crippen LogP contribution in [0.4, 0.5) is 15.8 Å². The van der Waals surface area contributed by atoms with Crippen molar-refractivity contribution < 1.29 is 14.1 Å². The van der Waals surface area contributed by atoms with Crippen LogP contribution in [0.2, 0.25) is 0 Å². The number of aryl methyl sites for hydroxylation is 2. The molecule has 2 N–H and O–H groups in total. The number of rotatable bonds is 9. The van der Waals surface area contributed by atoms with Crippen LogP contribution in [0.3, 0.4) is 0 Å². The van der Waals surface area contributed by atoms with Crippen molar-refractivity contribution >= 4 is 17.3 Å². The number of anilines is 1. The third-order valence-electron chi connectivity index (χ3n) is 4.88. The average Bonchev–Trinajstić information content (AvgIpc) is 3.18. The van der Waals surface area contributed by atoms with Crippen molar-refractivity contribution in [2.75, 3.05) is 25.5 Å². The highest BCUT2D eigenvalue weighted by Gasteiger charge is 2.13. The first-order valence-electron chi connectivity index (χ1n) is 9.85. The van der Waals surface area contributed by atoms with Gasteiger partial charge in [0, 0.05) is 23.4 Å². The number of amides is 1. The summed E-state index contributed by atoms with van der Waals surface area (Å²) in [4.78, 5) is 24.6. The van der Waals surface area contributed by atoms with Crippen LogP contribution in [-0.2, 0) is 11.2 Å². The smallest absolute Gasteiger partial charge is 0.271 e. The van der Waals surface area contributed by atoms with Gasteiger partial charge >= 0.3 is 0 Å². The van der Waals surface area contributed by atoms with Crippen molar-refractivity contribution in [2.24, 2.45) is 0 Å². The summed E-state index contributed by atoms with van der Waals surface area (Å²) in [5.74, 6) is -0.515. The Balaban J connectivity index is 1.46. The molecule has 1 amide bonds. The van der Waals surface area contributed by atoms with Crippen LogP contribution in [0.15, 0.2) is 48.5 Å². The number of non-ortho nitro benzene ring substituents is 1. The fourth-order valence-corrected chi connectivity index (χ4v) is 3.17. The monoisotopic (exact) mass is 425 g/mol. The second kappa shape index (κ2) is 9.94. The highest BCUT2D eigenvalue weighted by molar-refractivity contribution is 5.93. The first-order valence-corrected chi connectivity index (χ1v) is 9.85. The molecule has 0 aliphatic carbocycles. The molecule has 0 aliphatic heterocycles. The molecule has 8 nitrogen and oxygen atoms in total. The molecule has 162 valence electrons. The summed E-state index contributed by atoms with van der Waals surface area (Å²) >= 11 is 0. The molecule has 0 spiro atoms. The number of nitro benzene ring substituents is 1. The molecule has 1 aromatic heterocycles. The van der Waals surface area contributed by atoms with E-state index in [1.54, 1.807) is 25.1 Å². The molecule has 0 saturated carbocycles. The fraction of sp³-hybridized carbons (Fsp3) is 0.273. The zero-order chi connectivity index (χ0) is 22.4. The van der Waals surface area contributed by atoms with Gasteiger partial charge in [0.25, 0.3) is 5.69 Å². The van der Waals surface area contributed by atoms with E-state index in [9.17, 15) is 19.3 Å². The maximum Gasteiger partial charge on any atom is 0.271 e. The van der Waals surface area contributed by atoms with Gasteiger partial charge in [0.2, 0.25) is 5.91 Å². The minimum atomic E-state index is -0.488. The van der Waals surface area contributed by atoms with Crippen molar-refractivity contribution in [2.45, 2.75) is 19.8 Å². The lowest BCUT2D eigenvalue weighted by Crippen LogP contribution is -2.31. The van der Waals surface area contributed by atoms with Gasteiger partial charge in [0.05, 0.1) is 22.8 Å². The van der Waals surface area contributed by atoms with E-state index in [1.807, 2.05) is 18.0 Å². The van der Waals surface area contributed by atoms with Gasteiger partial charge in [0.15, 0.2) is 0 Å². The van der Waals surface area contributed by atoms with E-state index in [2.05, 4.69) is 15.5 Å². The Bertz CT molecular complexity index is 1070. The normalized spacial score (nSPS) is 11.0. The summed E-state index contributed by atoms with van der Waals surface area (Å²) in [6.07, 6.45) is 1.56. The number of nitro groups is 1. The molecule has 0 saturated heterocycles. The number of H-pyrrole nitrogens is 1. The third-order valence-corrected chi connectivity index (χ3v) is 4.88. The van der Waals surface area contributed by atoms with Crippen LogP contribution in [0, 0.1) is 22.9 Å². The summed E-state index contributed by atoms with van der Waals surface area (Å²) in [6.45, 7) is 2.64. The van der Waals surface area contributed by atoms with Gasteiger partial charge in [-0.15, -0.1) is 0 Å². The number of hydrogen-bond donors (Lipinski definition) is 2. The Morgan fingerprint density at radius 3 is 2.68 bits per heavy atom. The van der Waals surface area contributed by atoms with Gasteiger partial charge < -0.3 is 5.32 Å². The van der Waals surface area contributed by atoms with Gasteiger partial charge in [-0.3, -0.25) is 24.9 Å². The average molecular weight is 425 g/mol. The number of aromatic amines is 1. The van der Waals surface area contributed by atoms with Gasteiger partial charge in [-0.1, -0.05) is 6.07 Å². The maximum atomic E-state index is 13.0. The molecule has 0 fully saturated rings. The van der Waals surface area contributed by atoms with Crippen LogP contribution >= 0.6 is 0 Å². The van der Waals surface area contributed by atoms with Crippen LogP contribution in [0.5, 0.6) is 0 Å². The van der Waals surface area contributed by atoms with E-state index in [0.29, 0.717) is 12.2 Å². The molecular weight excluding hydrogens is 401 g/mol. The van der Waals surface area contributed by atoms with Gasteiger partial charge in [-0.2, -0.15) is 5.10 Å². The van der Waals surface area contributed by atoms with E-state index in [-0.39, 0.29) is 24.0 Å². The van der Waals surface area contributed by atoms with Gasteiger partial charge in [-0.25, -0.2) is 4.39 Å². The van der Waals surface area contributed by atoms with E-state index in [4.69, 9.17) is 0 Å². The number of halogens is 1. The molecule has 2 aromatic carbocycles. The molecule has 0 unspecified atom stereocenters. The van der Waals surface area contributed by atoms with E-state index in [0.717, 1.165) is 35.4 Å². The highest BCUT2D eigenvalue weighted by Crippen LogP contribution is 2.22. The molecule has 0 radical (unpaired) electrons. The second-order valence-corrected chi connectivity index (χ2v) is 7.43. The zero-order valence-electron chi connectivity index (χ0n) is 17.4. The van der Waals surface area contributed by atoms with Crippen molar-refractivity contribution in [1.82, 2.24) is 15.1 Å². The molecule has 0 aliphatic rings. The minimum absolute atomic E-state index is 0.0613. The lowest BCUT2D eigenvalue weighted by molar-refractivity contribution is -0.384. The van der Waals surface area contributed by atoms with Crippen molar-refractivity contribution in [3.63, 3.8) is 0 Å². The number of nitrogens with one attached hydrogen (secondary N) is 2. The third kappa shape index (κ3) is 6.19. The molecule has 3 rings (SSSR count). The van der Waals surface area contributed by atoms with E-state index in [1.165, 1.54) is 24.3 Å². The molecule has 0 atom stereocenters. The summed E-state index contributed by atoms with van der Waals surface area (Å²) in [6, 6.07) is 12.5. The van der Waals surface area contributed by atoms with Crippen LogP contribution in [0.1, 0.15) is 17.7 Å². The van der Waals surface area contributed by atoms with Gasteiger partial charge in [-0.05, 0) is 69.3 Å². The summed E-state index contributed by atoms with van der Waals surface area (Å²) in [5, 5.41) is 20.9. The highest BCUT2D eigenvalue weighted by atomic mass is 19.1. The number of hydrogen-bond acceptors (Lipinski definition) is 5. The number of carbonyl (C=O) groups is 1. The van der Waals surface area contributed by atoms with Crippen LogP contribution in [0.25, 0.3) is 11.3 Å². The Hall–Kier alpha value is -3.59. The molecule has 9 heteroatoms. The molecule has 0 bridgehead atoms. The number of nitrogens with zero attached hydrogens (tertiary/aromatic N) is 3. The van der Waals surface area contributed by atoms with Crippen molar-refractivity contribution in [1.29, 1.82) is 0 Å².